The maximum atomic E-state index is 10.7. The highest BCUT2D eigenvalue weighted by atomic mass is 16.3. The summed E-state index contributed by atoms with van der Waals surface area (Å²) in [6.45, 7) is 1.90. The molecule has 66 valence electrons. The molecule has 3 fully saturated rings. The summed E-state index contributed by atoms with van der Waals surface area (Å²) >= 11 is 0. The molecule has 0 aromatic rings. The van der Waals surface area contributed by atoms with Crippen LogP contribution in [0.1, 0.15) is 26.2 Å². The Morgan fingerprint density at radius 2 is 2.08 bits per heavy atom. The van der Waals surface area contributed by atoms with Crippen LogP contribution in [0, 0.1) is 10.8 Å². The van der Waals surface area contributed by atoms with Gasteiger partial charge >= 0.3 is 0 Å². The quantitative estimate of drug-likeness (QED) is 0.641. The molecule has 0 unspecified atom stereocenters. The minimum absolute atomic E-state index is 0.123. The molecule has 2 nitrogen and oxygen atoms in total. The van der Waals surface area contributed by atoms with Crippen molar-refractivity contribution in [2.75, 3.05) is 6.61 Å². The zero-order valence-corrected chi connectivity index (χ0v) is 7.34. The van der Waals surface area contributed by atoms with E-state index in [1.165, 1.54) is 0 Å². The summed E-state index contributed by atoms with van der Waals surface area (Å²) in [6, 6.07) is 0. The van der Waals surface area contributed by atoms with Crippen molar-refractivity contribution in [2.24, 2.45) is 10.8 Å². The van der Waals surface area contributed by atoms with Gasteiger partial charge in [0.15, 0.2) is 5.78 Å². The molecule has 3 aliphatic rings. The predicted octanol–water partition coefficient (Wildman–Crippen LogP) is 1.29. The van der Waals surface area contributed by atoms with Gasteiger partial charge in [-0.25, -0.2) is 0 Å². The van der Waals surface area contributed by atoms with Gasteiger partial charge in [0.05, 0.1) is 0 Å². The van der Waals surface area contributed by atoms with Gasteiger partial charge in [0.1, 0.15) is 0 Å². The molecule has 0 spiro atoms. The smallest absolute Gasteiger partial charge is 0.152 e. The van der Waals surface area contributed by atoms with Gasteiger partial charge in [-0.1, -0.05) is 6.08 Å². The Morgan fingerprint density at radius 1 is 1.50 bits per heavy atom. The summed E-state index contributed by atoms with van der Waals surface area (Å²) in [5, 5.41) is 8.98. The van der Waals surface area contributed by atoms with E-state index >= 15 is 0 Å². The molecule has 0 radical (unpaired) electrons. The van der Waals surface area contributed by atoms with Crippen molar-refractivity contribution in [1.29, 1.82) is 0 Å². The van der Waals surface area contributed by atoms with Crippen molar-refractivity contribution in [2.45, 2.75) is 26.2 Å². The number of aliphatic hydroxyl groups is 1. The fourth-order valence-electron chi connectivity index (χ4n) is 2.72. The number of allylic oxidation sites excluding steroid dienone is 2. The number of hydrogen-bond acceptors (Lipinski definition) is 2. The molecule has 3 rings (SSSR count). The van der Waals surface area contributed by atoms with Crippen molar-refractivity contribution in [3.05, 3.63) is 12.2 Å². The van der Waals surface area contributed by atoms with Crippen LogP contribution in [-0.4, -0.2) is 17.5 Å². The highest BCUT2D eigenvalue weighted by Gasteiger charge is 2.65. The molecular weight excluding hydrogens is 152 g/mol. The van der Waals surface area contributed by atoms with Crippen LogP contribution in [0.25, 0.3) is 0 Å². The van der Waals surface area contributed by atoms with Crippen molar-refractivity contribution in [3.63, 3.8) is 0 Å². The highest BCUT2D eigenvalue weighted by molar-refractivity contribution is 5.87. The van der Waals surface area contributed by atoms with Gasteiger partial charge in [0, 0.05) is 6.61 Å². The van der Waals surface area contributed by atoms with Crippen LogP contribution in [0.3, 0.4) is 0 Å². The van der Waals surface area contributed by atoms with Crippen molar-refractivity contribution >= 4 is 5.78 Å². The summed E-state index contributed by atoms with van der Waals surface area (Å²) in [5.41, 5.74) is 0.551. The predicted molar refractivity (Wildman–Crippen MR) is 45.6 cm³/mol. The molecule has 2 heteroatoms. The van der Waals surface area contributed by atoms with Crippen LogP contribution in [0.2, 0.25) is 0 Å². The van der Waals surface area contributed by atoms with Gasteiger partial charge in [-0.05, 0) is 43.1 Å². The highest BCUT2D eigenvalue weighted by Crippen LogP contribution is 2.73. The Balaban J connectivity index is 1.92. The van der Waals surface area contributed by atoms with E-state index in [-0.39, 0.29) is 11.2 Å². The van der Waals surface area contributed by atoms with E-state index in [0.29, 0.717) is 12.0 Å². The van der Waals surface area contributed by atoms with Crippen LogP contribution < -0.4 is 0 Å². The third kappa shape index (κ3) is 0.944. The van der Waals surface area contributed by atoms with Gasteiger partial charge in [-0.15, -0.1) is 0 Å². The molecule has 0 heterocycles. The van der Waals surface area contributed by atoms with Gasteiger partial charge in [0.2, 0.25) is 0 Å². The maximum absolute atomic E-state index is 10.7. The Kier molecular flexibility index (Phi) is 1.46. The van der Waals surface area contributed by atoms with E-state index < -0.39 is 0 Å². The van der Waals surface area contributed by atoms with Crippen molar-refractivity contribution < 1.29 is 9.90 Å². The molecule has 1 N–H and O–H groups in total. The largest absolute Gasteiger partial charge is 0.396 e. The number of hydrogen-bond donors (Lipinski definition) is 1. The third-order valence-electron chi connectivity index (χ3n) is 3.19. The first-order valence-corrected chi connectivity index (χ1v) is 4.41. The summed E-state index contributed by atoms with van der Waals surface area (Å²) in [4.78, 5) is 10.7. The molecule has 0 saturated heterocycles. The van der Waals surface area contributed by atoms with Crippen LogP contribution in [0.5, 0.6) is 0 Å². The molecular formula is C10H14O2. The lowest BCUT2D eigenvalue weighted by atomic mass is 9.35. The Hall–Kier alpha value is -0.630. The van der Waals surface area contributed by atoms with Crippen LogP contribution in [-0.2, 0) is 4.79 Å². The van der Waals surface area contributed by atoms with E-state index in [1.807, 2.05) is 6.08 Å². The molecule has 0 aromatic heterocycles. The second-order valence-corrected chi connectivity index (χ2v) is 4.49. The van der Waals surface area contributed by atoms with Gasteiger partial charge in [-0.2, -0.15) is 0 Å². The average Bonchev–Trinajstić information content (AvgIpc) is 1.82. The lowest BCUT2D eigenvalue weighted by Gasteiger charge is -2.69. The third-order valence-corrected chi connectivity index (χ3v) is 3.19. The lowest BCUT2D eigenvalue weighted by molar-refractivity contribution is -0.192. The number of carbonyl (C=O) groups excluding carboxylic acids is 1. The fraction of sp³-hybridized carbons (Fsp3) is 0.700. The molecule has 0 amide bonds. The Bertz CT molecular complexity index is 233. The first kappa shape index (κ1) is 7.99. The van der Waals surface area contributed by atoms with E-state index in [1.54, 1.807) is 13.0 Å². The molecule has 12 heavy (non-hydrogen) atoms. The standard InChI is InChI=1S/C10H14O2/c1-8(12)2-3-9-4-10(5-9,6-9)7-11/h2-3,11H,4-7H2,1H3/b3-2+. The lowest BCUT2D eigenvalue weighted by Crippen LogP contribution is -2.62. The Morgan fingerprint density at radius 3 is 2.50 bits per heavy atom. The van der Waals surface area contributed by atoms with Crippen LogP contribution in [0.15, 0.2) is 12.2 Å². The SMILES string of the molecule is CC(=O)/C=C/C12CC(CO)(C1)C2. The maximum Gasteiger partial charge on any atom is 0.152 e. The number of ketones is 1. The summed E-state index contributed by atoms with van der Waals surface area (Å²) < 4.78 is 0. The summed E-state index contributed by atoms with van der Waals surface area (Å²) in [5.74, 6) is 0.123. The van der Waals surface area contributed by atoms with E-state index in [9.17, 15) is 4.79 Å². The van der Waals surface area contributed by atoms with Gasteiger partial charge < -0.3 is 5.11 Å². The number of rotatable bonds is 3. The summed E-state index contributed by atoms with van der Waals surface area (Å²) in [7, 11) is 0. The van der Waals surface area contributed by atoms with Gasteiger partial charge in [-0.3, -0.25) is 4.79 Å². The average molecular weight is 166 g/mol. The normalized spacial score (nSPS) is 43.8. The number of aliphatic hydroxyl groups excluding tert-OH is 1. The molecule has 0 atom stereocenters. The minimum atomic E-state index is 0.123. The zero-order chi connectivity index (χ0) is 8.82. The zero-order valence-electron chi connectivity index (χ0n) is 7.34. The second-order valence-electron chi connectivity index (χ2n) is 4.49. The van der Waals surface area contributed by atoms with Gasteiger partial charge in [0.25, 0.3) is 0 Å². The first-order valence-electron chi connectivity index (χ1n) is 4.41. The molecule has 2 bridgehead atoms. The fourth-order valence-corrected chi connectivity index (χ4v) is 2.72. The van der Waals surface area contributed by atoms with E-state index in [2.05, 4.69) is 0 Å². The summed E-state index contributed by atoms with van der Waals surface area (Å²) in [6.07, 6.45) is 6.95. The van der Waals surface area contributed by atoms with E-state index in [4.69, 9.17) is 5.11 Å². The minimum Gasteiger partial charge on any atom is -0.396 e. The Labute approximate surface area is 72.3 Å². The molecule has 3 aliphatic carbocycles. The molecule has 0 aromatic carbocycles. The second kappa shape index (κ2) is 2.19. The molecule has 0 aliphatic heterocycles. The van der Waals surface area contributed by atoms with Crippen LogP contribution in [0.4, 0.5) is 0 Å². The van der Waals surface area contributed by atoms with Crippen molar-refractivity contribution in [3.8, 4) is 0 Å². The number of carbonyl (C=O) groups is 1. The molecule has 3 saturated carbocycles. The van der Waals surface area contributed by atoms with Crippen LogP contribution >= 0.6 is 0 Å². The topological polar surface area (TPSA) is 37.3 Å². The monoisotopic (exact) mass is 166 g/mol. The first-order chi connectivity index (χ1) is 5.60. The van der Waals surface area contributed by atoms with Crippen molar-refractivity contribution in [1.82, 2.24) is 0 Å². The van der Waals surface area contributed by atoms with E-state index in [0.717, 1.165) is 19.3 Å².